The predicted octanol–water partition coefficient (Wildman–Crippen LogP) is 3.68. The Balaban J connectivity index is 2.03. The Hall–Kier alpha value is -2.69. The van der Waals surface area contributed by atoms with E-state index in [2.05, 4.69) is 12.2 Å². The highest BCUT2D eigenvalue weighted by molar-refractivity contribution is 6.01. The molecule has 1 aliphatic rings. The number of anilines is 1. The van der Waals surface area contributed by atoms with Gasteiger partial charge in [0.05, 0.1) is 19.8 Å². The van der Waals surface area contributed by atoms with E-state index >= 15 is 0 Å². The number of benzene rings is 2. The van der Waals surface area contributed by atoms with E-state index in [9.17, 15) is 4.79 Å². The molecule has 0 saturated carbocycles. The van der Waals surface area contributed by atoms with Crippen LogP contribution in [0, 0.1) is 0 Å². The zero-order valence-electron chi connectivity index (χ0n) is 14.2. The Labute approximate surface area is 142 Å². The summed E-state index contributed by atoms with van der Waals surface area (Å²) in [6.45, 7) is 2.75. The van der Waals surface area contributed by atoms with Crippen LogP contribution in [0.3, 0.4) is 0 Å². The molecule has 0 saturated heterocycles. The van der Waals surface area contributed by atoms with Crippen LogP contribution < -0.4 is 14.8 Å². The lowest BCUT2D eigenvalue weighted by atomic mass is 10.0. The van der Waals surface area contributed by atoms with Gasteiger partial charge < -0.3 is 19.7 Å². The van der Waals surface area contributed by atoms with Crippen molar-refractivity contribution in [1.29, 1.82) is 0 Å². The molecule has 1 aliphatic heterocycles. The maximum absolute atomic E-state index is 12.9. The summed E-state index contributed by atoms with van der Waals surface area (Å²) in [5.74, 6) is 1.37. The van der Waals surface area contributed by atoms with Crippen molar-refractivity contribution in [1.82, 2.24) is 4.90 Å². The zero-order valence-corrected chi connectivity index (χ0v) is 14.2. The van der Waals surface area contributed by atoms with Gasteiger partial charge in [-0.1, -0.05) is 25.1 Å². The van der Waals surface area contributed by atoms with E-state index in [1.807, 2.05) is 47.4 Å². The number of carbonyl (C=O) groups excluding carboxylic acids is 1. The van der Waals surface area contributed by atoms with Crippen molar-refractivity contribution in [2.45, 2.75) is 19.5 Å². The zero-order chi connectivity index (χ0) is 17.1. The van der Waals surface area contributed by atoms with Crippen LogP contribution in [0.4, 0.5) is 5.69 Å². The summed E-state index contributed by atoms with van der Waals surface area (Å²) in [6, 6.07) is 13.4. The van der Waals surface area contributed by atoms with Gasteiger partial charge in [0, 0.05) is 12.2 Å². The fourth-order valence-corrected chi connectivity index (χ4v) is 3.05. The van der Waals surface area contributed by atoms with Gasteiger partial charge in [-0.3, -0.25) is 4.79 Å². The fraction of sp³-hybridized carbons (Fsp3) is 0.316. The molecule has 2 aromatic rings. The summed E-state index contributed by atoms with van der Waals surface area (Å²) in [5.41, 5.74) is 2.53. The lowest BCUT2D eigenvalue weighted by Crippen LogP contribution is -2.43. The minimum absolute atomic E-state index is 0.0472. The molecule has 1 atom stereocenters. The highest BCUT2D eigenvalue weighted by atomic mass is 16.5. The first-order valence-corrected chi connectivity index (χ1v) is 8.08. The number of hydrogen-bond acceptors (Lipinski definition) is 4. The van der Waals surface area contributed by atoms with Gasteiger partial charge in [0.25, 0.3) is 5.91 Å². The van der Waals surface area contributed by atoms with E-state index in [-0.39, 0.29) is 12.1 Å². The molecule has 0 bridgehead atoms. The quantitative estimate of drug-likeness (QED) is 0.910. The maximum Gasteiger partial charge on any atom is 0.257 e. The minimum atomic E-state index is -0.229. The number of fused-ring (bicyclic) bond motifs is 1. The fourth-order valence-electron chi connectivity index (χ4n) is 3.05. The van der Waals surface area contributed by atoms with Crippen molar-refractivity contribution in [3.63, 3.8) is 0 Å². The standard InChI is InChI=1S/C19H22N2O3/c1-4-11-21-18(13-9-10-16(23-2)17(12-13)24-3)20-15-8-6-5-7-14(15)19(21)22/h5-10,12,18,20H,4,11H2,1-3H3. The van der Waals surface area contributed by atoms with Crippen LogP contribution in [0.1, 0.15) is 35.4 Å². The summed E-state index contributed by atoms with van der Waals surface area (Å²) >= 11 is 0. The second kappa shape index (κ2) is 6.83. The third-order valence-electron chi connectivity index (χ3n) is 4.21. The average molecular weight is 326 g/mol. The number of rotatable bonds is 5. The number of ether oxygens (including phenoxy) is 2. The molecule has 1 amide bonds. The second-order valence-electron chi connectivity index (χ2n) is 5.71. The largest absolute Gasteiger partial charge is 0.493 e. The Bertz CT molecular complexity index is 745. The van der Waals surface area contributed by atoms with E-state index in [4.69, 9.17) is 9.47 Å². The third-order valence-corrected chi connectivity index (χ3v) is 4.21. The van der Waals surface area contributed by atoms with Crippen LogP contribution in [-0.2, 0) is 0 Å². The van der Waals surface area contributed by atoms with Crippen LogP contribution in [0.15, 0.2) is 42.5 Å². The number of carbonyl (C=O) groups is 1. The Morgan fingerprint density at radius 2 is 1.83 bits per heavy atom. The molecule has 5 nitrogen and oxygen atoms in total. The van der Waals surface area contributed by atoms with Gasteiger partial charge in [-0.15, -0.1) is 0 Å². The van der Waals surface area contributed by atoms with Gasteiger partial charge in [0.2, 0.25) is 0 Å². The molecule has 0 spiro atoms. The maximum atomic E-state index is 12.9. The first-order chi connectivity index (χ1) is 11.7. The normalized spacial score (nSPS) is 16.4. The highest BCUT2D eigenvalue weighted by Crippen LogP contribution is 2.36. The van der Waals surface area contributed by atoms with Crippen molar-refractivity contribution in [2.24, 2.45) is 0 Å². The first-order valence-electron chi connectivity index (χ1n) is 8.08. The van der Waals surface area contributed by atoms with E-state index in [1.165, 1.54) is 0 Å². The molecular weight excluding hydrogens is 304 g/mol. The van der Waals surface area contributed by atoms with Gasteiger partial charge in [-0.05, 0) is 36.2 Å². The van der Waals surface area contributed by atoms with E-state index in [0.717, 1.165) is 17.7 Å². The number of nitrogens with zero attached hydrogens (tertiary/aromatic N) is 1. The molecular formula is C19H22N2O3. The average Bonchev–Trinajstić information content (AvgIpc) is 2.63. The van der Waals surface area contributed by atoms with Crippen LogP contribution in [0.5, 0.6) is 11.5 Å². The summed E-state index contributed by atoms with van der Waals surface area (Å²) in [4.78, 5) is 14.8. The second-order valence-corrected chi connectivity index (χ2v) is 5.71. The van der Waals surface area contributed by atoms with Gasteiger partial charge >= 0.3 is 0 Å². The summed E-state index contributed by atoms with van der Waals surface area (Å²) in [7, 11) is 3.22. The van der Waals surface area contributed by atoms with Crippen LogP contribution in [0.25, 0.3) is 0 Å². The number of hydrogen-bond donors (Lipinski definition) is 1. The van der Waals surface area contributed by atoms with Crippen molar-refractivity contribution in [3.05, 3.63) is 53.6 Å². The molecule has 2 aromatic carbocycles. The molecule has 126 valence electrons. The Morgan fingerprint density at radius 3 is 2.54 bits per heavy atom. The predicted molar refractivity (Wildman–Crippen MR) is 93.7 cm³/mol. The third kappa shape index (κ3) is 2.77. The number of methoxy groups -OCH3 is 2. The molecule has 0 fully saturated rings. The van der Waals surface area contributed by atoms with E-state index in [1.54, 1.807) is 14.2 Å². The number of nitrogens with one attached hydrogen (secondary N) is 1. The van der Waals surface area contributed by atoms with Crippen LogP contribution >= 0.6 is 0 Å². The summed E-state index contributed by atoms with van der Waals surface area (Å²) in [6.07, 6.45) is 0.659. The topological polar surface area (TPSA) is 50.8 Å². The molecule has 1 N–H and O–H groups in total. The molecule has 3 rings (SSSR count). The van der Waals surface area contributed by atoms with Crippen molar-refractivity contribution >= 4 is 11.6 Å². The van der Waals surface area contributed by atoms with Gasteiger partial charge in [0.1, 0.15) is 6.17 Å². The molecule has 0 aromatic heterocycles. The summed E-state index contributed by atoms with van der Waals surface area (Å²) in [5, 5.41) is 3.48. The lowest BCUT2D eigenvalue weighted by Gasteiger charge is -2.38. The highest BCUT2D eigenvalue weighted by Gasteiger charge is 2.32. The number of para-hydroxylation sites is 1. The molecule has 1 heterocycles. The van der Waals surface area contributed by atoms with Gasteiger partial charge in [0.15, 0.2) is 11.5 Å². The molecule has 24 heavy (non-hydrogen) atoms. The molecule has 0 radical (unpaired) electrons. The van der Waals surface area contributed by atoms with Crippen LogP contribution in [0.2, 0.25) is 0 Å². The smallest absolute Gasteiger partial charge is 0.257 e. The van der Waals surface area contributed by atoms with Gasteiger partial charge in [-0.2, -0.15) is 0 Å². The first kappa shape index (κ1) is 16.2. The SMILES string of the molecule is CCCN1C(=O)c2ccccc2NC1c1ccc(OC)c(OC)c1. The summed E-state index contributed by atoms with van der Waals surface area (Å²) < 4.78 is 10.7. The van der Waals surface area contributed by atoms with Crippen molar-refractivity contribution in [2.75, 3.05) is 26.1 Å². The minimum Gasteiger partial charge on any atom is -0.493 e. The van der Waals surface area contributed by atoms with E-state index in [0.29, 0.717) is 23.6 Å². The van der Waals surface area contributed by atoms with Crippen molar-refractivity contribution < 1.29 is 14.3 Å². The Morgan fingerprint density at radius 1 is 1.08 bits per heavy atom. The monoisotopic (exact) mass is 326 g/mol. The lowest BCUT2D eigenvalue weighted by molar-refractivity contribution is 0.0683. The van der Waals surface area contributed by atoms with Crippen LogP contribution in [-0.4, -0.2) is 31.6 Å². The van der Waals surface area contributed by atoms with Crippen molar-refractivity contribution in [3.8, 4) is 11.5 Å². The Kier molecular flexibility index (Phi) is 4.60. The van der Waals surface area contributed by atoms with Gasteiger partial charge in [-0.25, -0.2) is 0 Å². The number of amides is 1. The van der Waals surface area contributed by atoms with E-state index < -0.39 is 0 Å². The molecule has 1 unspecified atom stereocenters. The molecule has 5 heteroatoms. The molecule has 0 aliphatic carbocycles.